The van der Waals surface area contributed by atoms with E-state index in [2.05, 4.69) is 39.5 Å². The number of aliphatic hydroxyl groups excluding tert-OH is 1. The van der Waals surface area contributed by atoms with Crippen molar-refractivity contribution in [2.45, 2.75) is 111 Å². The van der Waals surface area contributed by atoms with Crippen molar-refractivity contribution in [3.05, 3.63) is 35.5 Å². The maximum Gasteiger partial charge on any atom is 0.252 e. The normalized spacial score (nSPS) is 37.7. The summed E-state index contributed by atoms with van der Waals surface area (Å²) in [5.74, 6) is -0.847. The van der Waals surface area contributed by atoms with Gasteiger partial charge in [-0.2, -0.15) is 0 Å². The zero-order valence-corrected chi connectivity index (χ0v) is 21.3. The first kappa shape index (κ1) is 25.7. The van der Waals surface area contributed by atoms with Gasteiger partial charge in [-0.05, 0) is 86.0 Å². The molecule has 0 aromatic carbocycles. The second-order valence-electron chi connectivity index (χ2n) is 12.5. The van der Waals surface area contributed by atoms with E-state index in [0.717, 1.165) is 24.8 Å². The van der Waals surface area contributed by atoms with Gasteiger partial charge in [-0.15, -0.1) is 0 Å². The van der Waals surface area contributed by atoms with Gasteiger partial charge in [-0.1, -0.05) is 71.4 Å². The standard InChI is InChI=1S/C29H46F2O/c1-19(14-16-29(30,31)27(4,5)6)24-12-13-25-23(9-8-15-28(24,25)7)11-10-22-17-20(2)21(3)26(32)18-22/h10-11,19-20,24-26,32H,3,8-9,12-18H2,1-2,4-7H3/b22-10+,23-11+/t19-,20-,24?,25?,26-,28-/m1/s1. The Hall–Kier alpha value is -0.960. The minimum absolute atomic E-state index is 0.00445. The number of alkyl halides is 2. The molecular weight excluding hydrogens is 402 g/mol. The molecule has 0 aromatic rings. The molecule has 0 saturated heterocycles. The Morgan fingerprint density at radius 1 is 1.19 bits per heavy atom. The summed E-state index contributed by atoms with van der Waals surface area (Å²) in [5, 5.41) is 10.3. The summed E-state index contributed by atoms with van der Waals surface area (Å²) in [7, 11) is 0. The molecule has 2 unspecified atom stereocenters. The van der Waals surface area contributed by atoms with Gasteiger partial charge in [0.1, 0.15) is 0 Å². The lowest BCUT2D eigenvalue weighted by Gasteiger charge is -2.44. The number of aliphatic hydroxyl groups is 1. The third-order valence-corrected chi connectivity index (χ3v) is 9.35. The van der Waals surface area contributed by atoms with E-state index in [1.807, 2.05) is 0 Å². The van der Waals surface area contributed by atoms with Crippen LogP contribution >= 0.6 is 0 Å². The first-order valence-electron chi connectivity index (χ1n) is 12.9. The second-order valence-corrected chi connectivity index (χ2v) is 12.5. The van der Waals surface area contributed by atoms with Crippen molar-refractivity contribution in [3.8, 4) is 0 Å². The zero-order chi connectivity index (χ0) is 23.9. The lowest BCUT2D eigenvalue weighted by molar-refractivity contribution is -0.108. The molecule has 0 amide bonds. The van der Waals surface area contributed by atoms with Crippen LogP contribution in [0.3, 0.4) is 0 Å². The van der Waals surface area contributed by atoms with Crippen molar-refractivity contribution in [1.29, 1.82) is 0 Å². The molecule has 3 fully saturated rings. The van der Waals surface area contributed by atoms with Crippen LogP contribution in [0.25, 0.3) is 0 Å². The Balaban J connectivity index is 1.70. The van der Waals surface area contributed by atoms with E-state index < -0.39 is 17.4 Å². The third-order valence-electron chi connectivity index (χ3n) is 9.35. The molecule has 0 heterocycles. The van der Waals surface area contributed by atoms with Crippen LogP contribution in [0.5, 0.6) is 0 Å². The first-order chi connectivity index (χ1) is 14.8. The molecule has 3 aliphatic carbocycles. The average molecular weight is 449 g/mol. The number of hydrogen-bond acceptors (Lipinski definition) is 1. The van der Waals surface area contributed by atoms with Gasteiger partial charge >= 0.3 is 0 Å². The van der Waals surface area contributed by atoms with Crippen LogP contribution in [0.4, 0.5) is 8.78 Å². The highest BCUT2D eigenvalue weighted by Crippen LogP contribution is 2.60. The monoisotopic (exact) mass is 448 g/mol. The van der Waals surface area contributed by atoms with E-state index in [0.29, 0.717) is 36.5 Å². The smallest absolute Gasteiger partial charge is 0.252 e. The Kier molecular flexibility index (Phi) is 7.50. The summed E-state index contributed by atoms with van der Waals surface area (Å²) >= 11 is 0. The second kappa shape index (κ2) is 9.35. The molecule has 0 bridgehead atoms. The fraction of sp³-hybridized carbons (Fsp3) is 0.793. The van der Waals surface area contributed by atoms with Gasteiger partial charge < -0.3 is 5.11 Å². The summed E-state index contributed by atoms with van der Waals surface area (Å²) in [6.45, 7) is 15.8. The van der Waals surface area contributed by atoms with Crippen LogP contribution < -0.4 is 0 Å². The van der Waals surface area contributed by atoms with Gasteiger partial charge in [0.05, 0.1) is 6.10 Å². The van der Waals surface area contributed by atoms with Gasteiger partial charge in [0.15, 0.2) is 0 Å². The fourth-order valence-corrected chi connectivity index (χ4v) is 6.88. The number of fused-ring (bicyclic) bond motifs is 1. The molecule has 0 spiro atoms. The summed E-state index contributed by atoms with van der Waals surface area (Å²) in [4.78, 5) is 0. The highest BCUT2D eigenvalue weighted by Gasteiger charge is 2.51. The quantitative estimate of drug-likeness (QED) is 0.418. The molecule has 1 N–H and O–H groups in total. The van der Waals surface area contributed by atoms with Crippen LogP contribution in [0.2, 0.25) is 0 Å². The molecule has 182 valence electrons. The largest absolute Gasteiger partial charge is 0.388 e. The van der Waals surface area contributed by atoms with Gasteiger partial charge in [0, 0.05) is 11.8 Å². The SMILES string of the molecule is C=C1[C@H](C)C/C(=C\C=C2/CCC[C@@]3(C)C2CCC3[C@H](C)CCC(F)(F)C(C)(C)C)C[C@H]1O. The van der Waals surface area contributed by atoms with Crippen molar-refractivity contribution >= 4 is 0 Å². The average Bonchev–Trinajstić information content (AvgIpc) is 3.05. The van der Waals surface area contributed by atoms with E-state index in [1.54, 1.807) is 26.3 Å². The minimum Gasteiger partial charge on any atom is -0.388 e. The van der Waals surface area contributed by atoms with Gasteiger partial charge in [-0.25, -0.2) is 8.78 Å². The summed E-state index contributed by atoms with van der Waals surface area (Å²) < 4.78 is 29.2. The van der Waals surface area contributed by atoms with Crippen molar-refractivity contribution in [2.75, 3.05) is 0 Å². The highest BCUT2D eigenvalue weighted by atomic mass is 19.3. The van der Waals surface area contributed by atoms with Gasteiger partial charge in [0.25, 0.3) is 5.92 Å². The molecular formula is C29H46F2O. The van der Waals surface area contributed by atoms with E-state index in [-0.39, 0.29) is 11.8 Å². The maximum atomic E-state index is 14.6. The Labute approximate surface area is 195 Å². The molecule has 0 radical (unpaired) electrons. The van der Waals surface area contributed by atoms with Crippen molar-refractivity contribution in [2.24, 2.45) is 34.5 Å². The van der Waals surface area contributed by atoms with Crippen molar-refractivity contribution in [1.82, 2.24) is 0 Å². The zero-order valence-electron chi connectivity index (χ0n) is 21.3. The molecule has 1 nitrogen and oxygen atoms in total. The lowest BCUT2D eigenvalue weighted by Crippen LogP contribution is -2.38. The Morgan fingerprint density at radius 2 is 1.88 bits per heavy atom. The van der Waals surface area contributed by atoms with Crippen LogP contribution in [0.1, 0.15) is 99.3 Å². The summed E-state index contributed by atoms with van der Waals surface area (Å²) in [6.07, 6.45) is 12.4. The molecule has 32 heavy (non-hydrogen) atoms. The van der Waals surface area contributed by atoms with Crippen molar-refractivity contribution in [3.63, 3.8) is 0 Å². The third kappa shape index (κ3) is 5.08. The number of allylic oxidation sites excluding steroid dienone is 3. The summed E-state index contributed by atoms with van der Waals surface area (Å²) in [6, 6.07) is 0. The van der Waals surface area contributed by atoms with Crippen LogP contribution in [-0.4, -0.2) is 17.1 Å². The molecule has 3 saturated carbocycles. The molecule has 0 aliphatic heterocycles. The molecule has 0 aromatic heterocycles. The topological polar surface area (TPSA) is 20.2 Å². The Morgan fingerprint density at radius 3 is 2.50 bits per heavy atom. The van der Waals surface area contributed by atoms with E-state index >= 15 is 0 Å². The van der Waals surface area contributed by atoms with Crippen molar-refractivity contribution < 1.29 is 13.9 Å². The number of halogens is 2. The van der Waals surface area contributed by atoms with Gasteiger partial charge in [-0.3, -0.25) is 0 Å². The van der Waals surface area contributed by atoms with Crippen LogP contribution in [0, 0.1) is 34.5 Å². The molecule has 3 rings (SSSR count). The van der Waals surface area contributed by atoms with Gasteiger partial charge in [0.2, 0.25) is 0 Å². The van der Waals surface area contributed by atoms with E-state index in [1.165, 1.54) is 24.8 Å². The lowest BCUT2D eigenvalue weighted by atomic mass is 9.60. The first-order valence-corrected chi connectivity index (χ1v) is 12.9. The number of rotatable bonds is 5. The molecule has 3 aliphatic rings. The maximum absolute atomic E-state index is 14.6. The van der Waals surface area contributed by atoms with Crippen LogP contribution in [0.15, 0.2) is 35.5 Å². The predicted molar refractivity (Wildman–Crippen MR) is 131 cm³/mol. The minimum atomic E-state index is -2.61. The molecule has 3 heteroatoms. The van der Waals surface area contributed by atoms with E-state index in [9.17, 15) is 13.9 Å². The fourth-order valence-electron chi connectivity index (χ4n) is 6.88. The molecule has 6 atom stereocenters. The van der Waals surface area contributed by atoms with Crippen LogP contribution in [-0.2, 0) is 0 Å². The van der Waals surface area contributed by atoms with E-state index in [4.69, 9.17) is 0 Å². The Bertz CT molecular complexity index is 740. The predicted octanol–water partition coefficient (Wildman–Crippen LogP) is 8.50. The highest BCUT2D eigenvalue weighted by molar-refractivity contribution is 5.29. The number of hydrogen-bond donors (Lipinski definition) is 1. The summed E-state index contributed by atoms with van der Waals surface area (Å²) in [5.41, 5.74) is 3.09.